The van der Waals surface area contributed by atoms with E-state index in [1.165, 1.54) is 6.42 Å². The van der Waals surface area contributed by atoms with E-state index in [-0.39, 0.29) is 12.2 Å². The van der Waals surface area contributed by atoms with Gasteiger partial charge in [0, 0.05) is 50.9 Å². The van der Waals surface area contributed by atoms with Crippen molar-refractivity contribution in [2.75, 3.05) is 24.5 Å². The lowest BCUT2D eigenvalue weighted by molar-refractivity contribution is -0.145. The van der Waals surface area contributed by atoms with Crippen LogP contribution in [0.5, 0.6) is 0 Å². The second-order valence-electron chi connectivity index (χ2n) is 7.33. The van der Waals surface area contributed by atoms with Crippen LogP contribution < -0.4 is 10.5 Å². The van der Waals surface area contributed by atoms with Gasteiger partial charge in [-0.15, -0.1) is 0 Å². The highest BCUT2D eigenvalue weighted by Gasteiger charge is 2.36. The number of rotatable bonds is 3. The summed E-state index contributed by atoms with van der Waals surface area (Å²) in [7, 11) is 0. The van der Waals surface area contributed by atoms with Gasteiger partial charge in [0.1, 0.15) is 5.82 Å². The fourth-order valence-corrected chi connectivity index (χ4v) is 3.94. The van der Waals surface area contributed by atoms with Crippen LogP contribution in [0.2, 0.25) is 0 Å². The Bertz CT molecular complexity index is 905. The summed E-state index contributed by atoms with van der Waals surface area (Å²) in [5, 5.41) is 0. The maximum atomic E-state index is 12.9. The number of aromatic amines is 1. The van der Waals surface area contributed by atoms with Crippen molar-refractivity contribution in [3.05, 3.63) is 51.3 Å². The van der Waals surface area contributed by atoms with Crippen molar-refractivity contribution in [1.29, 1.82) is 0 Å². The molecule has 4 heterocycles. The van der Waals surface area contributed by atoms with Gasteiger partial charge in [-0.1, -0.05) is 6.07 Å². The molecule has 0 spiro atoms. The van der Waals surface area contributed by atoms with Gasteiger partial charge >= 0.3 is 6.18 Å². The van der Waals surface area contributed by atoms with Crippen molar-refractivity contribution in [2.24, 2.45) is 0 Å². The van der Waals surface area contributed by atoms with Gasteiger partial charge < -0.3 is 9.88 Å². The molecule has 1 fully saturated rings. The van der Waals surface area contributed by atoms with E-state index in [2.05, 4.69) is 19.8 Å². The summed E-state index contributed by atoms with van der Waals surface area (Å²) in [5.74, 6) is -0.253. The smallest absolute Gasteiger partial charge is 0.356 e. The van der Waals surface area contributed by atoms with Crippen LogP contribution in [0, 0.1) is 0 Å². The van der Waals surface area contributed by atoms with Gasteiger partial charge in [-0.3, -0.25) is 9.69 Å². The van der Waals surface area contributed by atoms with Crippen molar-refractivity contribution >= 4 is 5.82 Å². The maximum absolute atomic E-state index is 12.9. The summed E-state index contributed by atoms with van der Waals surface area (Å²) >= 11 is 0. The number of hydrogen-bond acceptors (Lipinski definition) is 5. The van der Waals surface area contributed by atoms with Crippen molar-refractivity contribution < 1.29 is 13.2 Å². The number of alkyl halides is 3. The van der Waals surface area contributed by atoms with Crippen molar-refractivity contribution in [2.45, 2.75) is 44.9 Å². The zero-order valence-electron chi connectivity index (χ0n) is 15.4. The zero-order valence-corrected chi connectivity index (χ0v) is 15.4. The highest BCUT2D eigenvalue weighted by Crippen LogP contribution is 2.28. The first kappa shape index (κ1) is 18.9. The van der Waals surface area contributed by atoms with Gasteiger partial charge in [0.25, 0.3) is 5.56 Å². The van der Waals surface area contributed by atoms with Crippen LogP contribution in [-0.2, 0) is 25.7 Å². The van der Waals surface area contributed by atoms with Crippen molar-refractivity contribution in [3.8, 4) is 0 Å². The van der Waals surface area contributed by atoms with Gasteiger partial charge in [-0.25, -0.2) is 9.97 Å². The van der Waals surface area contributed by atoms with Crippen LogP contribution in [0.25, 0.3) is 0 Å². The molecular formula is C19H22F3N5O. The van der Waals surface area contributed by atoms with Crippen LogP contribution in [0.3, 0.4) is 0 Å². The molecule has 0 aliphatic carbocycles. The molecule has 2 aromatic rings. The first-order chi connectivity index (χ1) is 13.4. The maximum Gasteiger partial charge on any atom is 0.449 e. The topological polar surface area (TPSA) is 65.1 Å². The molecule has 0 saturated carbocycles. The Kier molecular flexibility index (Phi) is 5.09. The van der Waals surface area contributed by atoms with Gasteiger partial charge in [0.2, 0.25) is 5.82 Å². The summed E-state index contributed by atoms with van der Waals surface area (Å²) in [6, 6.07) is 3.92. The predicted molar refractivity (Wildman–Crippen MR) is 98.0 cm³/mol. The Morgan fingerprint density at radius 3 is 2.68 bits per heavy atom. The normalized spacial score (nSPS) is 18.2. The molecule has 0 bridgehead atoms. The van der Waals surface area contributed by atoms with E-state index in [4.69, 9.17) is 0 Å². The number of nitrogens with zero attached hydrogens (tertiary/aromatic N) is 4. The summed E-state index contributed by atoms with van der Waals surface area (Å²) in [5.41, 5.74) is 0.936. The molecule has 28 heavy (non-hydrogen) atoms. The molecule has 6 nitrogen and oxygen atoms in total. The van der Waals surface area contributed by atoms with Crippen LogP contribution in [0.1, 0.15) is 41.9 Å². The van der Waals surface area contributed by atoms with E-state index in [9.17, 15) is 18.0 Å². The summed E-state index contributed by atoms with van der Waals surface area (Å²) in [4.78, 5) is 26.7. The molecule has 4 rings (SSSR count). The first-order valence-corrected chi connectivity index (χ1v) is 9.52. The predicted octanol–water partition coefficient (Wildman–Crippen LogP) is 2.73. The summed E-state index contributed by atoms with van der Waals surface area (Å²) in [6.45, 7) is 3.39. The second-order valence-corrected chi connectivity index (χ2v) is 7.33. The number of anilines is 1. The van der Waals surface area contributed by atoms with Crippen molar-refractivity contribution in [1.82, 2.24) is 19.9 Å². The molecular weight excluding hydrogens is 371 g/mol. The van der Waals surface area contributed by atoms with Gasteiger partial charge in [-0.2, -0.15) is 13.2 Å². The Morgan fingerprint density at radius 1 is 1.14 bits per heavy atom. The molecule has 1 saturated heterocycles. The van der Waals surface area contributed by atoms with Crippen molar-refractivity contribution in [3.63, 3.8) is 0 Å². The molecule has 2 aliphatic rings. The number of aromatic nitrogens is 3. The third-order valence-electron chi connectivity index (χ3n) is 5.33. The molecule has 0 atom stereocenters. The summed E-state index contributed by atoms with van der Waals surface area (Å²) in [6.07, 6.45) is 0.987. The fourth-order valence-electron chi connectivity index (χ4n) is 3.94. The van der Waals surface area contributed by atoms with Gasteiger partial charge in [-0.05, 0) is 25.3 Å². The number of hydrogen-bond donors (Lipinski definition) is 1. The molecule has 0 radical (unpaired) electrons. The molecule has 0 unspecified atom stereocenters. The molecule has 0 amide bonds. The van der Waals surface area contributed by atoms with E-state index in [0.29, 0.717) is 25.1 Å². The third kappa shape index (κ3) is 3.89. The average Bonchev–Trinajstić information content (AvgIpc) is 2.69. The molecule has 2 aromatic heterocycles. The third-order valence-corrected chi connectivity index (χ3v) is 5.33. The number of piperidine rings is 1. The Morgan fingerprint density at radius 2 is 1.93 bits per heavy atom. The average molecular weight is 393 g/mol. The van der Waals surface area contributed by atoms with Crippen LogP contribution in [0.15, 0.2) is 23.1 Å². The Balaban J connectivity index is 1.54. The second kappa shape index (κ2) is 7.54. The lowest BCUT2D eigenvalue weighted by Crippen LogP contribution is -2.37. The lowest BCUT2D eigenvalue weighted by atomic mass is 10.1. The molecule has 0 aromatic carbocycles. The van der Waals surface area contributed by atoms with Crippen LogP contribution in [-0.4, -0.2) is 39.5 Å². The first-order valence-electron chi connectivity index (χ1n) is 9.52. The van der Waals surface area contributed by atoms with E-state index in [0.717, 1.165) is 37.3 Å². The number of H-pyrrole nitrogens is 1. The lowest BCUT2D eigenvalue weighted by Gasteiger charge is -2.32. The van der Waals surface area contributed by atoms with E-state index >= 15 is 0 Å². The van der Waals surface area contributed by atoms with Crippen LogP contribution in [0.4, 0.5) is 19.0 Å². The molecule has 9 heteroatoms. The zero-order chi connectivity index (χ0) is 19.7. The molecule has 150 valence electrons. The van der Waals surface area contributed by atoms with E-state index < -0.39 is 17.6 Å². The van der Waals surface area contributed by atoms with E-state index in [1.54, 1.807) is 6.20 Å². The summed E-state index contributed by atoms with van der Waals surface area (Å²) < 4.78 is 38.6. The van der Waals surface area contributed by atoms with Gasteiger partial charge in [0.15, 0.2) is 0 Å². The number of halogens is 3. The minimum absolute atomic E-state index is 0.245. The molecule has 1 N–H and O–H groups in total. The number of nitrogens with one attached hydrogen (secondary N) is 1. The highest BCUT2D eigenvalue weighted by atomic mass is 19.4. The van der Waals surface area contributed by atoms with Crippen LogP contribution >= 0.6 is 0 Å². The minimum Gasteiger partial charge on any atom is -0.356 e. The standard InChI is InChI=1S/C19H22F3N5O/c20-19(21,22)18-24-15-6-10-26(12-14(15)17(28)25-18)11-13-5-4-7-23-16(13)27-8-2-1-3-9-27/h4-5,7H,1-3,6,8-12H2,(H,24,25,28). The highest BCUT2D eigenvalue weighted by molar-refractivity contribution is 5.47. The minimum atomic E-state index is -4.65. The SMILES string of the molecule is O=c1[nH]c(C(F)(F)F)nc2c1CN(Cc1cccnc1N1CCCCC1)CC2. The largest absolute Gasteiger partial charge is 0.449 e. The monoisotopic (exact) mass is 393 g/mol. The van der Waals surface area contributed by atoms with E-state index in [1.807, 2.05) is 17.1 Å². The van der Waals surface area contributed by atoms with Gasteiger partial charge in [0.05, 0.1) is 11.3 Å². The Hall–Kier alpha value is -2.42. The fraction of sp³-hybridized carbons (Fsp3) is 0.526. The number of fused-ring (bicyclic) bond motifs is 1. The number of pyridine rings is 1. The quantitative estimate of drug-likeness (QED) is 0.869. The Labute approximate surface area is 160 Å². The molecule has 2 aliphatic heterocycles.